The first-order valence-electron chi connectivity index (χ1n) is 6.91. The van der Waals surface area contributed by atoms with Crippen molar-refractivity contribution in [2.45, 2.75) is 25.2 Å². The first-order valence-corrected chi connectivity index (χ1v) is 6.91. The van der Waals surface area contributed by atoms with Crippen LogP contribution in [0.4, 0.5) is 5.69 Å². The Morgan fingerprint density at radius 3 is 2.62 bits per heavy atom. The lowest BCUT2D eigenvalue weighted by Gasteiger charge is -2.12. The normalized spacial score (nSPS) is 16.2. The third-order valence-corrected chi connectivity index (χ3v) is 4.13. The van der Waals surface area contributed by atoms with Crippen molar-refractivity contribution in [2.75, 3.05) is 5.73 Å². The Balaban J connectivity index is 1.88. The highest BCUT2D eigenvalue weighted by Gasteiger charge is 2.48. The van der Waals surface area contributed by atoms with Crippen LogP contribution in [-0.4, -0.2) is 19.6 Å². The van der Waals surface area contributed by atoms with E-state index in [4.69, 9.17) is 5.73 Å². The molecule has 0 atom stereocenters. The maximum Gasteiger partial charge on any atom is 0.274 e. The van der Waals surface area contributed by atoms with Crippen molar-refractivity contribution < 1.29 is 0 Å². The smallest absolute Gasteiger partial charge is 0.274 e. The monoisotopic (exact) mass is 281 g/mol. The molecule has 4 rings (SSSR count). The molecule has 0 unspecified atom stereocenters. The van der Waals surface area contributed by atoms with Crippen LogP contribution in [0.2, 0.25) is 0 Å². The number of nitrogens with two attached hydrogens (primary N) is 1. The molecule has 1 saturated carbocycles. The van der Waals surface area contributed by atoms with E-state index >= 15 is 0 Å². The first kappa shape index (κ1) is 12.1. The second kappa shape index (κ2) is 3.94. The van der Waals surface area contributed by atoms with E-state index in [0.717, 1.165) is 24.4 Å². The molecule has 3 N–H and O–H groups in total. The van der Waals surface area contributed by atoms with E-state index in [1.165, 1.54) is 16.1 Å². The number of aromatic nitrogens is 4. The molecule has 3 aromatic rings. The lowest BCUT2D eigenvalue weighted by molar-refractivity contribution is 0.741. The van der Waals surface area contributed by atoms with Crippen molar-refractivity contribution in [2.24, 2.45) is 0 Å². The Labute approximate surface area is 120 Å². The van der Waals surface area contributed by atoms with Gasteiger partial charge in [0.1, 0.15) is 5.82 Å². The number of nitrogen functional groups attached to an aromatic ring is 1. The van der Waals surface area contributed by atoms with Gasteiger partial charge in [0, 0.05) is 17.4 Å². The molecule has 0 radical (unpaired) electrons. The number of aryl methyl sites for hydroxylation is 1. The fourth-order valence-electron chi connectivity index (χ4n) is 2.80. The summed E-state index contributed by atoms with van der Waals surface area (Å²) < 4.78 is 1.40. The number of fused-ring (bicyclic) bond motifs is 1. The van der Waals surface area contributed by atoms with Gasteiger partial charge in [0.25, 0.3) is 11.3 Å². The third-order valence-electron chi connectivity index (χ3n) is 4.13. The van der Waals surface area contributed by atoms with E-state index in [-0.39, 0.29) is 11.0 Å². The largest absolute Gasteiger partial charge is 0.399 e. The van der Waals surface area contributed by atoms with Gasteiger partial charge in [-0.3, -0.25) is 9.89 Å². The van der Waals surface area contributed by atoms with Crippen LogP contribution in [0.15, 0.2) is 35.1 Å². The summed E-state index contributed by atoms with van der Waals surface area (Å²) in [5.74, 6) is 1.22. The van der Waals surface area contributed by atoms with Crippen molar-refractivity contribution in [3.8, 4) is 0 Å². The molecule has 2 heterocycles. The zero-order chi connectivity index (χ0) is 14.6. The molecule has 106 valence electrons. The van der Waals surface area contributed by atoms with Gasteiger partial charge >= 0.3 is 0 Å². The van der Waals surface area contributed by atoms with Crippen LogP contribution in [0.5, 0.6) is 0 Å². The highest BCUT2D eigenvalue weighted by molar-refractivity contribution is 5.47. The van der Waals surface area contributed by atoms with E-state index in [1.807, 2.05) is 24.3 Å². The molecule has 6 nitrogen and oxygen atoms in total. The fourth-order valence-corrected chi connectivity index (χ4v) is 2.80. The van der Waals surface area contributed by atoms with Crippen molar-refractivity contribution in [3.05, 3.63) is 57.8 Å². The summed E-state index contributed by atoms with van der Waals surface area (Å²) in [6.45, 7) is 1.79. The molecule has 1 aliphatic carbocycles. The predicted molar refractivity (Wildman–Crippen MR) is 79.2 cm³/mol. The van der Waals surface area contributed by atoms with Gasteiger partial charge in [-0.2, -0.15) is 9.50 Å². The molecule has 21 heavy (non-hydrogen) atoms. The SMILES string of the molecule is Cc1cc(=O)n2[nH]c(C3(c4ccc(N)cc4)CC3)nc2n1. The number of anilines is 1. The minimum Gasteiger partial charge on any atom is -0.399 e. The standard InChI is InChI=1S/C15H15N5O/c1-9-8-12(21)20-14(17-9)18-13(19-20)15(6-7-15)10-2-4-11(16)5-3-10/h2-5,8H,6-7,16H2,1H3,(H,17,18,19). The fraction of sp³-hybridized carbons (Fsp3) is 0.267. The molecule has 1 fully saturated rings. The van der Waals surface area contributed by atoms with E-state index in [0.29, 0.717) is 11.5 Å². The van der Waals surface area contributed by atoms with Crippen molar-refractivity contribution in [1.29, 1.82) is 0 Å². The van der Waals surface area contributed by atoms with E-state index in [9.17, 15) is 4.79 Å². The molecule has 1 aromatic carbocycles. The molecule has 2 aromatic heterocycles. The lowest BCUT2D eigenvalue weighted by Crippen LogP contribution is -2.16. The number of nitrogens with one attached hydrogen (secondary N) is 1. The summed E-state index contributed by atoms with van der Waals surface area (Å²) >= 11 is 0. The van der Waals surface area contributed by atoms with E-state index in [1.54, 1.807) is 6.92 Å². The molecule has 0 spiro atoms. The number of rotatable bonds is 2. The molecule has 1 aliphatic rings. The average molecular weight is 281 g/mol. The van der Waals surface area contributed by atoms with Gasteiger partial charge in [-0.25, -0.2) is 4.98 Å². The van der Waals surface area contributed by atoms with E-state index in [2.05, 4.69) is 15.1 Å². The molecular weight excluding hydrogens is 266 g/mol. The number of H-pyrrole nitrogens is 1. The van der Waals surface area contributed by atoms with Gasteiger partial charge in [0.2, 0.25) is 0 Å². The van der Waals surface area contributed by atoms with Gasteiger partial charge < -0.3 is 5.73 Å². The van der Waals surface area contributed by atoms with Crippen LogP contribution in [0.3, 0.4) is 0 Å². The minimum atomic E-state index is -0.137. The summed E-state index contributed by atoms with van der Waals surface area (Å²) in [4.78, 5) is 20.8. The topological polar surface area (TPSA) is 89.1 Å². The van der Waals surface area contributed by atoms with Crippen molar-refractivity contribution in [1.82, 2.24) is 19.6 Å². The van der Waals surface area contributed by atoms with Crippen LogP contribution in [-0.2, 0) is 5.41 Å². The maximum absolute atomic E-state index is 12.0. The lowest BCUT2D eigenvalue weighted by atomic mass is 9.95. The average Bonchev–Trinajstić information content (AvgIpc) is 3.13. The minimum absolute atomic E-state index is 0.135. The Morgan fingerprint density at radius 1 is 1.24 bits per heavy atom. The zero-order valence-corrected chi connectivity index (χ0v) is 11.6. The Kier molecular flexibility index (Phi) is 2.28. The number of nitrogens with zero attached hydrogens (tertiary/aromatic N) is 3. The van der Waals surface area contributed by atoms with E-state index < -0.39 is 0 Å². The van der Waals surface area contributed by atoms with Crippen LogP contribution in [0, 0.1) is 6.92 Å². The zero-order valence-electron chi connectivity index (χ0n) is 11.6. The van der Waals surface area contributed by atoms with Crippen LogP contribution in [0.25, 0.3) is 5.78 Å². The molecule has 0 amide bonds. The number of hydrogen-bond acceptors (Lipinski definition) is 4. The van der Waals surface area contributed by atoms with Gasteiger partial charge in [-0.1, -0.05) is 12.1 Å². The molecule has 0 bridgehead atoms. The summed E-state index contributed by atoms with van der Waals surface area (Å²) in [6, 6.07) is 9.34. The van der Waals surface area contributed by atoms with Crippen molar-refractivity contribution >= 4 is 11.5 Å². The Bertz CT molecular complexity index is 887. The number of aromatic amines is 1. The summed E-state index contributed by atoms with van der Waals surface area (Å²) in [7, 11) is 0. The van der Waals surface area contributed by atoms with Gasteiger partial charge in [-0.15, -0.1) is 0 Å². The molecular formula is C15H15N5O. The highest BCUT2D eigenvalue weighted by Crippen LogP contribution is 2.52. The Morgan fingerprint density at radius 2 is 1.95 bits per heavy atom. The molecule has 0 aliphatic heterocycles. The van der Waals surface area contributed by atoms with Crippen LogP contribution < -0.4 is 11.3 Å². The summed E-state index contributed by atoms with van der Waals surface area (Å²) in [5.41, 5.74) is 8.06. The predicted octanol–water partition coefficient (Wildman–Crippen LogP) is 1.39. The number of hydrogen-bond donors (Lipinski definition) is 2. The van der Waals surface area contributed by atoms with Gasteiger partial charge in [-0.05, 0) is 37.5 Å². The summed E-state index contributed by atoms with van der Waals surface area (Å²) in [6.07, 6.45) is 2.01. The second-order valence-corrected chi connectivity index (χ2v) is 5.65. The van der Waals surface area contributed by atoms with Gasteiger partial charge in [0.05, 0.1) is 5.41 Å². The molecule has 6 heteroatoms. The van der Waals surface area contributed by atoms with Crippen molar-refractivity contribution in [3.63, 3.8) is 0 Å². The second-order valence-electron chi connectivity index (χ2n) is 5.65. The highest BCUT2D eigenvalue weighted by atomic mass is 16.1. The summed E-state index contributed by atoms with van der Waals surface area (Å²) in [5, 5.41) is 3.11. The van der Waals surface area contributed by atoms with Crippen LogP contribution >= 0.6 is 0 Å². The molecule has 0 saturated heterocycles. The van der Waals surface area contributed by atoms with Gasteiger partial charge in [0.15, 0.2) is 0 Å². The maximum atomic E-state index is 12.0. The van der Waals surface area contributed by atoms with Crippen LogP contribution in [0.1, 0.15) is 29.9 Å². The first-order chi connectivity index (χ1) is 10.1. The third kappa shape index (κ3) is 1.75. The Hall–Kier alpha value is -2.63. The quantitative estimate of drug-likeness (QED) is 0.695. The number of benzene rings is 1.